The lowest BCUT2D eigenvalue weighted by Gasteiger charge is -2.28. The van der Waals surface area contributed by atoms with E-state index in [2.05, 4.69) is 9.88 Å². The SMILES string of the molecule is CCN(CC)CCN1C(=O)C(=O)C(=C(O)c2c(C)[nH]c(C(=O)OC)c2C)[C@H]1c1cccc(Cl)c1. The number of benzene rings is 1. The van der Waals surface area contributed by atoms with E-state index in [0.717, 1.165) is 13.1 Å². The smallest absolute Gasteiger partial charge is 0.354 e. The van der Waals surface area contributed by atoms with E-state index in [-0.39, 0.29) is 17.0 Å². The minimum atomic E-state index is -0.815. The number of ketones is 1. The van der Waals surface area contributed by atoms with Gasteiger partial charge in [-0.2, -0.15) is 0 Å². The first-order valence-corrected chi connectivity index (χ1v) is 11.6. The van der Waals surface area contributed by atoms with Crippen molar-refractivity contribution in [1.82, 2.24) is 14.8 Å². The molecule has 0 bridgehead atoms. The lowest BCUT2D eigenvalue weighted by atomic mass is 9.94. The van der Waals surface area contributed by atoms with Gasteiger partial charge in [0.15, 0.2) is 0 Å². The van der Waals surface area contributed by atoms with E-state index >= 15 is 0 Å². The van der Waals surface area contributed by atoms with Crippen LogP contribution in [0.1, 0.15) is 52.8 Å². The molecule has 2 N–H and O–H groups in total. The number of halogens is 1. The van der Waals surface area contributed by atoms with Gasteiger partial charge >= 0.3 is 5.97 Å². The molecule has 1 amide bonds. The lowest BCUT2D eigenvalue weighted by Crippen LogP contribution is -2.38. The minimum absolute atomic E-state index is 0.0339. The average Bonchev–Trinajstić information content (AvgIpc) is 3.26. The quantitative estimate of drug-likeness (QED) is 0.254. The molecular weight excluding hydrogens is 458 g/mol. The van der Waals surface area contributed by atoms with Gasteiger partial charge in [0.1, 0.15) is 11.5 Å². The summed E-state index contributed by atoms with van der Waals surface area (Å²) in [6, 6.07) is 6.09. The third-order valence-electron chi connectivity index (χ3n) is 6.32. The maximum atomic E-state index is 13.2. The predicted molar refractivity (Wildman–Crippen MR) is 130 cm³/mol. The van der Waals surface area contributed by atoms with E-state index in [4.69, 9.17) is 16.3 Å². The summed E-state index contributed by atoms with van der Waals surface area (Å²) in [5.41, 5.74) is 1.97. The molecule has 1 aliphatic heterocycles. The zero-order valence-corrected chi connectivity index (χ0v) is 20.8. The number of aliphatic hydroxyl groups excluding tert-OH is 1. The molecule has 1 saturated heterocycles. The highest BCUT2D eigenvalue weighted by atomic mass is 35.5. The van der Waals surface area contributed by atoms with E-state index < -0.39 is 23.7 Å². The number of rotatable bonds is 8. The van der Waals surface area contributed by atoms with Gasteiger partial charge in [0.25, 0.3) is 11.7 Å². The van der Waals surface area contributed by atoms with Crippen molar-refractivity contribution in [3.8, 4) is 0 Å². The van der Waals surface area contributed by atoms with E-state index in [9.17, 15) is 19.5 Å². The molecule has 0 unspecified atom stereocenters. The summed E-state index contributed by atoms with van der Waals surface area (Å²) in [6.07, 6.45) is 0. The number of methoxy groups -OCH3 is 1. The molecular formula is C25H30ClN3O5. The number of Topliss-reactive ketones (excluding diaryl/α,β-unsaturated/α-hetero) is 1. The Hall–Kier alpha value is -3.10. The fraction of sp³-hybridized carbons (Fsp3) is 0.400. The molecule has 0 spiro atoms. The maximum absolute atomic E-state index is 13.2. The number of nitrogens with one attached hydrogen (secondary N) is 1. The highest BCUT2D eigenvalue weighted by Crippen LogP contribution is 2.41. The Labute approximate surface area is 204 Å². The molecule has 2 heterocycles. The van der Waals surface area contributed by atoms with Crippen molar-refractivity contribution >= 4 is 35.0 Å². The largest absolute Gasteiger partial charge is 0.507 e. The maximum Gasteiger partial charge on any atom is 0.354 e. The Morgan fingerprint density at radius 3 is 2.50 bits per heavy atom. The van der Waals surface area contributed by atoms with E-state index in [1.54, 1.807) is 38.1 Å². The van der Waals surface area contributed by atoms with E-state index in [1.807, 2.05) is 13.8 Å². The van der Waals surface area contributed by atoms with Crippen LogP contribution in [0.3, 0.4) is 0 Å². The number of hydrogen-bond donors (Lipinski definition) is 2. The Morgan fingerprint density at radius 1 is 1.24 bits per heavy atom. The zero-order chi connectivity index (χ0) is 25.2. The van der Waals surface area contributed by atoms with Gasteiger partial charge in [-0.05, 0) is 50.2 Å². The highest BCUT2D eigenvalue weighted by molar-refractivity contribution is 6.46. The van der Waals surface area contributed by atoms with Crippen molar-refractivity contribution in [3.05, 3.63) is 62.9 Å². The third-order valence-corrected chi connectivity index (χ3v) is 6.55. The normalized spacial score (nSPS) is 17.6. The number of esters is 1. The predicted octanol–water partition coefficient (Wildman–Crippen LogP) is 3.84. The summed E-state index contributed by atoms with van der Waals surface area (Å²) in [5, 5.41) is 11.8. The second kappa shape index (κ2) is 10.4. The fourth-order valence-electron chi connectivity index (χ4n) is 4.47. The molecule has 0 radical (unpaired) electrons. The Morgan fingerprint density at radius 2 is 1.91 bits per heavy atom. The summed E-state index contributed by atoms with van der Waals surface area (Å²) < 4.78 is 4.81. The summed E-state index contributed by atoms with van der Waals surface area (Å²) in [4.78, 5) is 45.1. The van der Waals surface area contributed by atoms with Crippen molar-refractivity contribution in [2.24, 2.45) is 0 Å². The Kier molecular flexibility index (Phi) is 7.84. The van der Waals surface area contributed by atoms with Crippen LogP contribution >= 0.6 is 11.6 Å². The number of carbonyl (C=O) groups is 3. The van der Waals surface area contributed by atoms with Crippen LogP contribution in [-0.2, 0) is 14.3 Å². The van der Waals surface area contributed by atoms with Crippen LogP contribution in [0.25, 0.3) is 5.76 Å². The number of H-pyrrole nitrogens is 1. The Balaban J connectivity index is 2.19. The van der Waals surface area contributed by atoms with Crippen LogP contribution in [0.5, 0.6) is 0 Å². The van der Waals surface area contributed by atoms with Crippen LogP contribution in [0.4, 0.5) is 0 Å². The minimum Gasteiger partial charge on any atom is -0.507 e. The van der Waals surface area contributed by atoms with E-state index in [1.165, 1.54) is 12.0 Å². The highest BCUT2D eigenvalue weighted by Gasteiger charge is 2.46. The van der Waals surface area contributed by atoms with Crippen LogP contribution in [0, 0.1) is 13.8 Å². The van der Waals surface area contributed by atoms with Gasteiger partial charge in [-0.25, -0.2) is 4.79 Å². The number of nitrogens with zero attached hydrogens (tertiary/aromatic N) is 2. The first-order valence-electron chi connectivity index (χ1n) is 11.2. The molecule has 0 aliphatic carbocycles. The number of ether oxygens (including phenoxy) is 1. The van der Waals surface area contributed by atoms with Gasteiger partial charge in [0.05, 0.1) is 18.7 Å². The van der Waals surface area contributed by atoms with Crippen molar-refractivity contribution in [1.29, 1.82) is 0 Å². The summed E-state index contributed by atoms with van der Waals surface area (Å²) in [5.74, 6) is -2.39. The number of amides is 1. The van der Waals surface area contributed by atoms with Gasteiger partial charge in [-0.15, -0.1) is 0 Å². The molecule has 182 valence electrons. The topological polar surface area (TPSA) is 103 Å². The molecule has 1 aromatic carbocycles. The standard InChI is InChI=1S/C25H30ClN3O5/c1-6-28(7-2)11-12-29-21(16-9-8-10-17(26)13-16)19(23(31)24(29)32)22(30)18-14(3)20(25(33)34-5)27-15(18)4/h8-10,13,21,27,30H,6-7,11-12H2,1-5H3/t21-/m1/s1. The second-order valence-electron chi connectivity index (χ2n) is 8.19. The van der Waals surface area contributed by atoms with Gasteiger partial charge in [0.2, 0.25) is 0 Å². The van der Waals surface area contributed by atoms with Crippen molar-refractivity contribution in [2.45, 2.75) is 33.7 Å². The molecule has 3 rings (SSSR count). The number of aryl methyl sites for hydroxylation is 1. The van der Waals surface area contributed by atoms with Gasteiger partial charge in [-0.3, -0.25) is 9.59 Å². The van der Waals surface area contributed by atoms with Crippen LogP contribution in [0.2, 0.25) is 5.02 Å². The summed E-state index contributed by atoms with van der Waals surface area (Å²) in [7, 11) is 1.26. The molecule has 9 heteroatoms. The Bertz CT molecular complexity index is 1150. The number of aromatic amines is 1. The van der Waals surface area contributed by atoms with Crippen molar-refractivity contribution < 1.29 is 24.2 Å². The number of likely N-dealkylation sites (N-methyl/N-ethyl adjacent to an activating group) is 1. The molecule has 0 saturated carbocycles. The number of aliphatic hydroxyl groups is 1. The van der Waals surface area contributed by atoms with Crippen LogP contribution in [-0.4, -0.2) is 70.8 Å². The summed E-state index contributed by atoms with van der Waals surface area (Å²) >= 11 is 6.23. The number of likely N-dealkylation sites (tertiary alicyclic amines) is 1. The zero-order valence-electron chi connectivity index (χ0n) is 20.1. The lowest BCUT2D eigenvalue weighted by molar-refractivity contribution is -0.140. The van der Waals surface area contributed by atoms with Crippen LogP contribution in [0.15, 0.2) is 29.8 Å². The molecule has 1 fully saturated rings. The first-order chi connectivity index (χ1) is 16.2. The molecule has 1 aromatic heterocycles. The molecule has 8 nitrogen and oxygen atoms in total. The van der Waals surface area contributed by atoms with Crippen LogP contribution < -0.4 is 0 Å². The van der Waals surface area contributed by atoms with E-state index in [0.29, 0.717) is 40.5 Å². The van der Waals surface area contributed by atoms with Gasteiger partial charge < -0.3 is 24.6 Å². The summed E-state index contributed by atoms with van der Waals surface area (Å²) in [6.45, 7) is 9.88. The average molecular weight is 488 g/mol. The number of aromatic nitrogens is 1. The number of hydrogen-bond acceptors (Lipinski definition) is 6. The monoisotopic (exact) mass is 487 g/mol. The first kappa shape index (κ1) is 25.5. The molecule has 34 heavy (non-hydrogen) atoms. The molecule has 1 atom stereocenters. The van der Waals surface area contributed by atoms with Crippen molar-refractivity contribution in [2.75, 3.05) is 33.3 Å². The second-order valence-corrected chi connectivity index (χ2v) is 8.63. The van der Waals surface area contributed by atoms with Gasteiger partial charge in [-0.1, -0.05) is 37.6 Å². The number of carbonyl (C=O) groups excluding carboxylic acids is 3. The fourth-order valence-corrected chi connectivity index (χ4v) is 4.67. The molecule has 2 aromatic rings. The van der Waals surface area contributed by atoms with Gasteiger partial charge in [0, 0.05) is 29.4 Å². The molecule has 1 aliphatic rings. The third kappa shape index (κ3) is 4.60. The van der Waals surface area contributed by atoms with Crippen molar-refractivity contribution in [3.63, 3.8) is 0 Å².